The number of carbonyl (C=O) groups is 2. The number of hydrogen-bond donors (Lipinski definition) is 1. The van der Waals surface area contributed by atoms with Crippen LogP contribution in [0, 0.1) is 17.8 Å². The van der Waals surface area contributed by atoms with Gasteiger partial charge in [-0.15, -0.1) is 0 Å². The van der Waals surface area contributed by atoms with E-state index in [4.69, 9.17) is 4.74 Å². The zero-order valence-electron chi connectivity index (χ0n) is 14.7. The molecule has 4 nitrogen and oxygen atoms in total. The Balaban J connectivity index is 1.34. The SMILES string of the molecule is O=C(NC1CCC(C(=O)OCC2CC=CCC2)CC1)C1CCCC1. The second-order valence-corrected chi connectivity index (χ2v) is 7.82. The van der Waals surface area contributed by atoms with Gasteiger partial charge >= 0.3 is 5.97 Å². The summed E-state index contributed by atoms with van der Waals surface area (Å²) in [7, 11) is 0. The standard InChI is InChI=1S/C20H31NO3/c22-19(16-8-4-5-9-16)21-18-12-10-17(11-13-18)20(23)24-14-15-6-2-1-3-7-15/h1-2,15-18H,3-14H2,(H,21,22). The molecule has 24 heavy (non-hydrogen) atoms. The Morgan fingerprint density at radius 1 is 0.917 bits per heavy atom. The Labute approximate surface area is 145 Å². The third-order valence-corrected chi connectivity index (χ3v) is 5.97. The molecule has 1 N–H and O–H groups in total. The predicted octanol–water partition coefficient (Wildman–Crippen LogP) is 3.75. The normalized spacial score (nSPS) is 30.9. The van der Waals surface area contributed by atoms with Gasteiger partial charge in [0.25, 0.3) is 0 Å². The van der Waals surface area contributed by atoms with Crippen LogP contribution < -0.4 is 5.32 Å². The largest absolute Gasteiger partial charge is 0.465 e. The monoisotopic (exact) mass is 333 g/mol. The van der Waals surface area contributed by atoms with Gasteiger partial charge in [-0.1, -0.05) is 25.0 Å². The van der Waals surface area contributed by atoms with Crippen LogP contribution in [0.25, 0.3) is 0 Å². The number of hydrogen-bond acceptors (Lipinski definition) is 3. The lowest BCUT2D eigenvalue weighted by atomic mass is 9.85. The Bertz CT molecular complexity index is 460. The highest BCUT2D eigenvalue weighted by Gasteiger charge is 2.30. The molecule has 3 rings (SSSR count). The van der Waals surface area contributed by atoms with Crippen molar-refractivity contribution in [1.82, 2.24) is 5.32 Å². The van der Waals surface area contributed by atoms with Crippen LogP contribution in [0.2, 0.25) is 0 Å². The van der Waals surface area contributed by atoms with Crippen molar-refractivity contribution < 1.29 is 14.3 Å². The number of ether oxygens (including phenoxy) is 1. The number of esters is 1. The summed E-state index contributed by atoms with van der Waals surface area (Å²) in [5, 5.41) is 3.21. The van der Waals surface area contributed by atoms with Crippen molar-refractivity contribution >= 4 is 11.9 Å². The van der Waals surface area contributed by atoms with E-state index >= 15 is 0 Å². The van der Waals surface area contributed by atoms with Crippen molar-refractivity contribution in [3.8, 4) is 0 Å². The van der Waals surface area contributed by atoms with Crippen molar-refractivity contribution in [2.75, 3.05) is 6.61 Å². The summed E-state index contributed by atoms with van der Waals surface area (Å²) in [5.41, 5.74) is 0. The van der Waals surface area contributed by atoms with Gasteiger partial charge in [0, 0.05) is 12.0 Å². The Morgan fingerprint density at radius 3 is 2.33 bits per heavy atom. The second-order valence-electron chi connectivity index (χ2n) is 7.82. The first kappa shape index (κ1) is 17.5. The van der Waals surface area contributed by atoms with E-state index in [0.717, 1.165) is 57.8 Å². The van der Waals surface area contributed by atoms with Crippen LogP contribution in [-0.4, -0.2) is 24.5 Å². The number of carbonyl (C=O) groups excluding carboxylic acids is 2. The van der Waals surface area contributed by atoms with Gasteiger partial charge in [-0.2, -0.15) is 0 Å². The molecule has 2 fully saturated rings. The van der Waals surface area contributed by atoms with Gasteiger partial charge in [-0.05, 0) is 63.7 Å². The third-order valence-electron chi connectivity index (χ3n) is 5.97. The van der Waals surface area contributed by atoms with Crippen molar-refractivity contribution in [1.29, 1.82) is 0 Å². The molecule has 134 valence electrons. The molecule has 0 aromatic rings. The quantitative estimate of drug-likeness (QED) is 0.616. The smallest absolute Gasteiger partial charge is 0.308 e. The summed E-state index contributed by atoms with van der Waals surface area (Å²) in [6, 6.07) is 0.255. The molecule has 3 aliphatic rings. The first-order valence-electron chi connectivity index (χ1n) is 9.84. The van der Waals surface area contributed by atoms with Crippen molar-refractivity contribution in [3.05, 3.63) is 12.2 Å². The summed E-state index contributed by atoms with van der Waals surface area (Å²) in [6.45, 7) is 0.571. The van der Waals surface area contributed by atoms with Crippen molar-refractivity contribution in [3.63, 3.8) is 0 Å². The van der Waals surface area contributed by atoms with Gasteiger partial charge in [0.05, 0.1) is 12.5 Å². The Morgan fingerprint density at radius 2 is 1.67 bits per heavy atom. The van der Waals surface area contributed by atoms with Crippen LogP contribution in [-0.2, 0) is 14.3 Å². The maximum Gasteiger partial charge on any atom is 0.308 e. The lowest BCUT2D eigenvalue weighted by Crippen LogP contribution is -2.41. The fourth-order valence-electron chi connectivity index (χ4n) is 4.31. The summed E-state index contributed by atoms with van der Waals surface area (Å²) in [6.07, 6.45) is 15.6. The minimum absolute atomic E-state index is 0.0230. The van der Waals surface area contributed by atoms with E-state index in [1.165, 1.54) is 12.8 Å². The number of nitrogens with one attached hydrogen (secondary N) is 1. The summed E-state index contributed by atoms with van der Waals surface area (Å²) < 4.78 is 5.56. The summed E-state index contributed by atoms with van der Waals surface area (Å²) in [4.78, 5) is 24.4. The molecule has 3 aliphatic carbocycles. The molecule has 0 bridgehead atoms. The van der Waals surface area contributed by atoms with Crippen LogP contribution >= 0.6 is 0 Å². The number of rotatable bonds is 5. The van der Waals surface area contributed by atoms with Crippen LogP contribution in [0.1, 0.15) is 70.6 Å². The zero-order valence-corrected chi connectivity index (χ0v) is 14.7. The van der Waals surface area contributed by atoms with Gasteiger partial charge in [-0.25, -0.2) is 0 Å². The summed E-state index contributed by atoms with van der Waals surface area (Å²) >= 11 is 0. The van der Waals surface area contributed by atoms with Crippen LogP contribution in [0.5, 0.6) is 0 Å². The molecule has 0 heterocycles. The maximum absolute atomic E-state index is 12.3. The molecule has 1 amide bonds. The molecular formula is C20H31NO3. The number of amides is 1. The van der Waals surface area contributed by atoms with Crippen LogP contribution in [0.3, 0.4) is 0 Å². The van der Waals surface area contributed by atoms with E-state index in [-0.39, 0.29) is 29.8 Å². The average Bonchev–Trinajstić information content (AvgIpc) is 3.16. The van der Waals surface area contributed by atoms with Gasteiger partial charge in [0.15, 0.2) is 0 Å². The van der Waals surface area contributed by atoms with Gasteiger partial charge in [-0.3, -0.25) is 9.59 Å². The predicted molar refractivity (Wildman–Crippen MR) is 93.3 cm³/mol. The molecule has 2 saturated carbocycles. The van der Waals surface area contributed by atoms with Crippen molar-refractivity contribution in [2.45, 2.75) is 76.7 Å². The highest BCUT2D eigenvalue weighted by Crippen LogP contribution is 2.28. The average molecular weight is 333 g/mol. The zero-order chi connectivity index (χ0) is 16.8. The lowest BCUT2D eigenvalue weighted by Gasteiger charge is -2.29. The van der Waals surface area contributed by atoms with Crippen LogP contribution in [0.4, 0.5) is 0 Å². The highest BCUT2D eigenvalue weighted by atomic mass is 16.5. The molecular weight excluding hydrogens is 302 g/mol. The van der Waals surface area contributed by atoms with E-state index < -0.39 is 0 Å². The second kappa shape index (κ2) is 8.68. The lowest BCUT2D eigenvalue weighted by molar-refractivity contribution is -0.151. The Hall–Kier alpha value is -1.32. The third kappa shape index (κ3) is 4.84. The van der Waals surface area contributed by atoms with Gasteiger partial charge in [0.2, 0.25) is 5.91 Å². The van der Waals surface area contributed by atoms with Gasteiger partial charge in [0.1, 0.15) is 0 Å². The molecule has 4 heteroatoms. The summed E-state index contributed by atoms with van der Waals surface area (Å²) in [5.74, 6) is 0.982. The number of allylic oxidation sites excluding steroid dienone is 2. The fourth-order valence-corrected chi connectivity index (χ4v) is 4.31. The molecule has 0 aliphatic heterocycles. The van der Waals surface area contributed by atoms with E-state index in [1.807, 2.05) is 0 Å². The minimum atomic E-state index is -0.0230. The topological polar surface area (TPSA) is 55.4 Å². The minimum Gasteiger partial charge on any atom is -0.465 e. The molecule has 0 spiro atoms. The maximum atomic E-state index is 12.3. The van der Waals surface area contributed by atoms with Crippen molar-refractivity contribution in [2.24, 2.45) is 17.8 Å². The molecule has 0 aromatic carbocycles. The van der Waals surface area contributed by atoms with E-state index in [0.29, 0.717) is 12.5 Å². The van der Waals surface area contributed by atoms with Gasteiger partial charge < -0.3 is 10.1 Å². The molecule has 0 saturated heterocycles. The van der Waals surface area contributed by atoms with Crippen LogP contribution in [0.15, 0.2) is 12.2 Å². The molecule has 0 aromatic heterocycles. The first-order valence-corrected chi connectivity index (χ1v) is 9.84. The highest BCUT2D eigenvalue weighted by molar-refractivity contribution is 5.79. The van der Waals surface area contributed by atoms with E-state index in [9.17, 15) is 9.59 Å². The van der Waals surface area contributed by atoms with E-state index in [2.05, 4.69) is 17.5 Å². The first-order chi connectivity index (χ1) is 11.7. The molecule has 1 unspecified atom stereocenters. The molecule has 0 radical (unpaired) electrons. The van der Waals surface area contributed by atoms with E-state index in [1.54, 1.807) is 0 Å². The molecule has 1 atom stereocenters. The Kier molecular flexibility index (Phi) is 6.33. The fraction of sp³-hybridized carbons (Fsp3) is 0.800.